The van der Waals surface area contributed by atoms with E-state index < -0.39 is 0 Å². The molecule has 1 heterocycles. The fourth-order valence-electron chi connectivity index (χ4n) is 3.10. The summed E-state index contributed by atoms with van der Waals surface area (Å²) >= 11 is 0. The topological polar surface area (TPSA) is 41.9 Å². The second kappa shape index (κ2) is 8.90. The Morgan fingerprint density at radius 2 is 1.58 bits per heavy atom. The maximum Gasteiger partial charge on any atom is 0.0698 e. The molecule has 0 aromatic carbocycles. The van der Waals surface area contributed by atoms with E-state index in [0.29, 0.717) is 18.8 Å². The summed E-state index contributed by atoms with van der Waals surface area (Å²) in [7, 11) is 0. The minimum atomic E-state index is 0.122. The molecule has 0 radical (unpaired) electrons. The van der Waals surface area contributed by atoms with Gasteiger partial charge in [0.15, 0.2) is 0 Å². The van der Waals surface area contributed by atoms with Crippen LogP contribution in [0.2, 0.25) is 0 Å². The molecule has 4 nitrogen and oxygen atoms in total. The van der Waals surface area contributed by atoms with E-state index in [1.165, 1.54) is 32.1 Å². The van der Waals surface area contributed by atoms with E-state index >= 15 is 0 Å². The average Bonchev–Trinajstić information content (AvgIpc) is 2.46. The molecular formula is C15H29NO3. The number of hydrogen-bond donors (Lipinski definition) is 1. The van der Waals surface area contributed by atoms with E-state index in [0.717, 1.165) is 39.1 Å². The van der Waals surface area contributed by atoms with E-state index in [1.54, 1.807) is 0 Å². The third kappa shape index (κ3) is 5.78. The van der Waals surface area contributed by atoms with Crippen LogP contribution in [-0.4, -0.2) is 61.7 Å². The van der Waals surface area contributed by atoms with Gasteiger partial charge >= 0.3 is 0 Å². The number of hydrogen-bond acceptors (Lipinski definition) is 4. The van der Waals surface area contributed by atoms with E-state index in [9.17, 15) is 0 Å². The van der Waals surface area contributed by atoms with Gasteiger partial charge in [-0.05, 0) is 25.7 Å². The van der Waals surface area contributed by atoms with Gasteiger partial charge in [-0.1, -0.05) is 19.3 Å². The molecule has 0 aromatic heterocycles. The molecule has 112 valence electrons. The molecule has 0 unspecified atom stereocenters. The smallest absolute Gasteiger partial charge is 0.0698 e. The summed E-state index contributed by atoms with van der Waals surface area (Å²) in [5.41, 5.74) is 0. The molecule has 1 N–H and O–H groups in total. The van der Waals surface area contributed by atoms with Crippen LogP contribution in [0.25, 0.3) is 0 Å². The zero-order valence-corrected chi connectivity index (χ0v) is 12.1. The number of rotatable bonds is 7. The summed E-state index contributed by atoms with van der Waals surface area (Å²) in [6.45, 7) is 4.54. The molecular weight excluding hydrogens is 242 g/mol. The zero-order chi connectivity index (χ0) is 13.3. The summed E-state index contributed by atoms with van der Waals surface area (Å²) in [6, 6.07) is 0. The molecule has 19 heavy (non-hydrogen) atoms. The van der Waals surface area contributed by atoms with Gasteiger partial charge in [-0.3, -0.25) is 0 Å². The van der Waals surface area contributed by atoms with Gasteiger partial charge in [0.1, 0.15) is 0 Å². The van der Waals surface area contributed by atoms with E-state index in [4.69, 9.17) is 14.6 Å². The van der Waals surface area contributed by atoms with Gasteiger partial charge in [-0.15, -0.1) is 0 Å². The molecule has 0 bridgehead atoms. The molecule has 0 aromatic rings. The minimum Gasteiger partial charge on any atom is -0.394 e. The van der Waals surface area contributed by atoms with Crippen molar-refractivity contribution in [3.63, 3.8) is 0 Å². The first-order valence-corrected chi connectivity index (χ1v) is 7.95. The average molecular weight is 271 g/mol. The fourth-order valence-corrected chi connectivity index (χ4v) is 3.10. The maximum absolute atomic E-state index is 8.64. The Hall–Kier alpha value is -0.160. The highest BCUT2D eigenvalue weighted by Crippen LogP contribution is 2.24. The molecule has 2 fully saturated rings. The Kier molecular flexibility index (Phi) is 7.14. The number of nitrogens with zero attached hydrogens (tertiary/aromatic N) is 1. The normalized spacial score (nSPS) is 23.8. The van der Waals surface area contributed by atoms with Crippen molar-refractivity contribution in [3.8, 4) is 0 Å². The van der Waals surface area contributed by atoms with E-state index in [-0.39, 0.29) is 6.61 Å². The minimum absolute atomic E-state index is 0.122. The van der Waals surface area contributed by atoms with Gasteiger partial charge in [-0.2, -0.15) is 0 Å². The van der Waals surface area contributed by atoms with Crippen molar-refractivity contribution in [1.29, 1.82) is 0 Å². The molecule has 0 spiro atoms. The molecule has 1 aliphatic heterocycles. The molecule has 1 saturated carbocycles. The maximum atomic E-state index is 8.64. The van der Waals surface area contributed by atoms with Crippen LogP contribution in [0.3, 0.4) is 0 Å². The summed E-state index contributed by atoms with van der Waals surface area (Å²) < 4.78 is 11.5. The largest absolute Gasteiger partial charge is 0.394 e. The highest BCUT2D eigenvalue weighted by atomic mass is 16.5. The van der Waals surface area contributed by atoms with Crippen LogP contribution in [0.1, 0.15) is 44.9 Å². The van der Waals surface area contributed by atoms with Crippen LogP contribution in [0.4, 0.5) is 0 Å². The van der Waals surface area contributed by atoms with Crippen LogP contribution >= 0.6 is 0 Å². The third-order valence-electron chi connectivity index (χ3n) is 4.26. The molecule has 1 aliphatic carbocycles. The second-order valence-electron chi connectivity index (χ2n) is 5.77. The number of aliphatic hydroxyl groups excluding tert-OH is 1. The first-order chi connectivity index (χ1) is 9.38. The predicted molar refractivity (Wildman–Crippen MR) is 75.3 cm³/mol. The lowest BCUT2D eigenvalue weighted by molar-refractivity contribution is -0.0579. The number of piperidine rings is 1. The number of aliphatic hydroxyl groups is 1. The molecule has 0 amide bonds. The summed E-state index contributed by atoms with van der Waals surface area (Å²) in [6.07, 6.45) is 10.00. The lowest BCUT2D eigenvalue weighted by Crippen LogP contribution is -2.40. The van der Waals surface area contributed by atoms with Crippen LogP contribution in [-0.2, 0) is 9.47 Å². The van der Waals surface area contributed by atoms with Crippen molar-refractivity contribution >= 4 is 0 Å². The van der Waals surface area contributed by atoms with Crippen molar-refractivity contribution in [2.75, 3.05) is 39.5 Å². The number of ether oxygens (including phenoxy) is 2. The highest BCUT2D eigenvalue weighted by molar-refractivity contribution is 4.75. The quantitative estimate of drug-likeness (QED) is 0.717. The van der Waals surface area contributed by atoms with Crippen molar-refractivity contribution in [3.05, 3.63) is 0 Å². The summed E-state index contributed by atoms with van der Waals surface area (Å²) in [4.78, 5) is 2.44. The molecule has 4 heteroatoms. The standard InChI is InChI=1S/C15H29NO3/c17-11-13-18-12-10-16-8-6-15(7-9-16)19-14-4-2-1-3-5-14/h14-15,17H,1-13H2. The van der Waals surface area contributed by atoms with Crippen LogP contribution < -0.4 is 0 Å². The molecule has 2 rings (SSSR count). The lowest BCUT2D eigenvalue weighted by Gasteiger charge is -2.34. The Labute approximate surface area is 117 Å². The van der Waals surface area contributed by atoms with E-state index in [1.807, 2.05) is 0 Å². The van der Waals surface area contributed by atoms with Crippen LogP contribution in [0.15, 0.2) is 0 Å². The van der Waals surface area contributed by atoms with Gasteiger partial charge in [0.25, 0.3) is 0 Å². The van der Waals surface area contributed by atoms with Crippen molar-refractivity contribution in [2.24, 2.45) is 0 Å². The van der Waals surface area contributed by atoms with Gasteiger partial charge in [-0.25, -0.2) is 0 Å². The van der Waals surface area contributed by atoms with Gasteiger partial charge in [0, 0.05) is 19.6 Å². The van der Waals surface area contributed by atoms with Crippen LogP contribution in [0.5, 0.6) is 0 Å². The zero-order valence-electron chi connectivity index (χ0n) is 12.1. The Morgan fingerprint density at radius 3 is 2.26 bits per heavy atom. The van der Waals surface area contributed by atoms with Gasteiger partial charge in [0.2, 0.25) is 0 Å². The molecule has 2 aliphatic rings. The van der Waals surface area contributed by atoms with Gasteiger partial charge in [0.05, 0.1) is 32.0 Å². The Morgan fingerprint density at radius 1 is 0.895 bits per heavy atom. The lowest BCUT2D eigenvalue weighted by atomic mass is 9.97. The second-order valence-corrected chi connectivity index (χ2v) is 5.77. The van der Waals surface area contributed by atoms with Crippen LogP contribution in [0, 0.1) is 0 Å². The number of likely N-dealkylation sites (tertiary alicyclic amines) is 1. The first-order valence-electron chi connectivity index (χ1n) is 7.95. The predicted octanol–water partition coefficient (Wildman–Crippen LogP) is 1.81. The SMILES string of the molecule is OCCOCCN1CCC(OC2CCCCC2)CC1. The molecule has 0 atom stereocenters. The fraction of sp³-hybridized carbons (Fsp3) is 1.00. The van der Waals surface area contributed by atoms with Gasteiger partial charge < -0.3 is 19.5 Å². The molecule has 1 saturated heterocycles. The van der Waals surface area contributed by atoms with Crippen molar-refractivity contribution in [1.82, 2.24) is 4.90 Å². The first kappa shape index (κ1) is 15.2. The van der Waals surface area contributed by atoms with Crippen molar-refractivity contribution in [2.45, 2.75) is 57.2 Å². The van der Waals surface area contributed by atoms with Crippen molar-refractivity contribution < 1.29 is 14.6 Å². The monoisotopic (exact) mass is 271 g/mol. The third-order valence-corrected chi connectivity index (χ3v) is 4.26. The summed E-state index contributed by atoms with van der Waals surface area (Å²) in [5.74, 6) is 0. The Balaban J connectivity index is 1.54. The van der Waals surface area contributed by atoms with E-state index in [2.05, 4.69) is 4.90 Å². The summed E-state index contributed by atoms with van der Waals surface area (Å²) in [5, 5.41) is 8.64. The Bertz CT molecular complexity index is 223. The highest BCUT2D eigenvalue weighted by Gasteiger charge is 2.23.